The van der Waals surface area contributed by atoms with Crippen molar-refractivity contribution < 1.29 is 9.32 Å². The number of aryl methyl sites for hydroxylation is 2. The molecule has 0 aliphatic heterocycles. The number of hydrogen-bond donors (Lipinski definition) is 1. The number of carbonyl (C=O) groups excluding carboxylic acids is 1. The maximum atomic E-state index is 12.0. The van der Waals surface area contributed by atoms with Crippen molar-refractivity contribution in [3.8, 4) is 11.4 Å². The van der Waals surface area contributed by atoms with Gasteiger partial charge in [-0.2, -0.15) is 4.98 Å². The molecule has 0 unspecified atom stereocenters. The number of amides is 1. The number of benzene rings is 1. The van der Waals surface area contributed by atoms with E-state index < -0.39 is 0 Å². The molecule has 1 amide bonds. The number of nitrogens with one attached hydrogen (secondary N) is 1. The molecule has 2 heterocycles. The lowest BCUT2D eigenvalue weighted by molar-refractivity contribution is -0.116. The van der Waals surface area contributed by atoms with Crippen molar-refractivity contribution in [2.24, 2.45) is 0 Å². The number of carbonyl (C=O) groups is 1. The second kappa shape index (κ2) is 7.91. The van der Waals surface area contributed by atoms with Gasteiger partial charge in [0.15, 0.2) is 0 Å². The minimum absolute atomic E-state index is 0.135. The molecule has 26 heavy (non-hydrogen) atoms. The van der Waals surface area contributed by atoms with E-state index in [1.807, 2.05) is 31.2 Å². The van der Waals surface area contributed by atoms with Gasteiger partial charge in [-0.3, -0.25) is 4.79 Å². The molecule has 0 aliphatic rings. The van der Waals surface area contributed by atoms with Gasteiger partial charge in [0.25, 0.3) is 0 Å². The summed E-state index contributed by atoms with van der Waals surface area (Å²) in [5, 5.41) is 6.77. The highest BCUT2D eigenvalue weighted by atomic mass is 16.5. The first kappa shape index (κ1) is 17.8. The van der Waals surface area contributed by atoms with Gasteiger partial charge in [0.2, 0.25) is 17.6 Å². The molecule has 1 aromatic carbocycles. The molecule has 6 heteroatoms. The van der Waals surface area contributed by atoms with Crippen molar-refractivity contribution in [2.45, 2.75) is 39.5 Å². The van der Waals surface area contributed by atoms with Crippen LogP contribution in [-0.4, -0.2) is 21.0 Å². The normalized spacial score (nSPS) is 10.9. The molecule has 0 fully saturated rings. The molecule has 0 spiro atoms. The van der Waals surface area contributed by atoms with Crippen LogP contribution in [0.5, 0.6) is 0 Å². The zero-order chi connectivity index (χ0) is 18.5. The molecule has 0 saturated heterocycles. The predicted octanol–water partition coefficient (Wildman–Crippen LogP) is 4.13. The van der Waals surface area contributed by atoms with E-state index in [-0.39, 0.29) is 12.3 Å². The van der Waals surface area contributed by atoms with Gasteiger partial charge in [0, 0.05) is 24.6 Å². The van der Waals surface area contributed by atoms with Gasteiger partial charge in [-0.15, -0.1) is 0 Å². The van der Waals surface area contributed by atoms with Crippen LogP contribution in [0.4, 0.5) is 5.82 Å². The number of rotatable bonds is 6. The lowest BCUT2D eigenvalue weighted by atomic mass is 10.0. The summed E-state index contributed by atoms with van der Waals surface area (Å²) < 4.78 is 5.26. The highest BCUT2D eigenvalue weighted by Crippen LogP contribution is 2.20. The summed E-state index contributed by atoms with van der Waals surface area (Å²) in [6.07, 6.45) is 2.30. The molecule has 2 aromatic heterocycles. The van der Waals surface area contributed by atoms with Crippen molar-refractivity contribution in [2.75, 3.05) is 5.32 Å². The molecule has 0 bridgehead atoms. The Balaban J connectivity index is 1.57. The molecule has 0 atom stereocenters. The van der Waals surface area contributed by atoms with E-state index in [2.05, 4.69) is 46.4 Å². The number of hydrogen-bond acceptors (Lipinski definition) is 5. The van der Waals surface area contributed by atoms with Crippen LogP contribution in [0.3, 0.4) is 0 Å². The summed E-state index contributed by atoms with van der Waals surface area (Å²) in [7, 11) is 0. The van der Waals surface area contributed by atoms with E-state index in [4.69, 9.17) is 4.52 Å². The Morgan fingerprint density at radius 3 is 2.65 bits per heavy atom. The molecule has 134 valence electrons. The lowest BCUT2D eigenvalue weighted by Gasteiger charge is -2.04. The van der Waals surface area contributed by atoms with E-state index in [0.29, 0.717) is 29.9 Å². The maximum absolute atomic E-state index is 12.0. The van der Waals surface area contributed by atoms with E-state index in [1.165, 1.54) is 5.56 Å². The van der Waals surface area contributed by atoms with Gasteiger partial charge >= 0.3 is 0 Å². The van der Waals surface area contributed by atoms with Crippen molar-refractivity contribution >= 4 is 11.7 Å². The fraction of sp³-hybridized carbons (Fsp3) is 0.300. The van der Waals surface area contributed by atoms with E-state index in [9.17, 15) is 4.79 Å². The first-order chi connectivity index (χ1) is 12.5. The number of aromatic nitrogens is 3. The van der Waals surface area contributed by atoms with E-state index in [0.717, 1.165) is 11.1 Å². The highest BCUT2D eigenvalue weighted by molar-refractivity contribution is 5.89. The van der Waals surface area contributed by atoms with Crippen LogP contribution >= 0.6 is 0 Å². The van der Waals surface area contributed by atoms with Crippen LogP contribution in [0.2, 0.25) is 0 Å². The Labute approximate surface area is 152 Å². The van der Waals surface area contributed by atoms with Gasteiger partial charge in [0.05, 0.1) is 0 Å². The molecule has 0 saturated carbocycles. The predicted molar refractivity (Wildman–Crippen MR) is 99.7 cm³/mol. The molecule has 6 nitrogen and oxygen atoms in total. The fourth-order valence-corrected chi connectivity index (χ4v) is 2.52. The van der Waals surface area contributed by atoms with Crippen molar-refractivity contribution in [1.82, 2.24) is 15.1 Å². The van der Waals surface area contributed by atoms with E-state index >= 15 is 0 Å². The fourth-order valence-electron chi connectivity index (χ4n) is 2.52. The number of anilines is 1. The average Bonchev–Trinajstić information content (AvgIpc) is 3.09. The second-order valence-corrected chi connectivity index (χ2v) is 6.56. The van der Waals surface area contributed by atoms with Gasteiger partial charge in [0.1, 0.15) is 5.82 Å². The average molecular weight is 350 g/mol. The Kier molecular flexibility index (Phi) is 5.41. The number of pyridine rings is 1. The minimum Gasteiger partial charge on any atom is -0.339 e. The summed E-state index contributed by atoms with van der Waals surface area (Å²) >= 11 is 0. The van der Waals surface area contributed by atoms with Gasteiger partial charge in [-0.05, 0) is 36.1 Å². The van der Waals surface area contributed by atoms with Crippen molar-refractivity contribution in [3.63, 3.8) is 0 Å². The van der Waals surface area contributed by atoms with Crippen LogP contribution in [0.25, 0.3) is 11.4 Å². The monoisotopic (exact) mass is 350 g/mol. The lowest BCUT2D eigenvalue weighted by Crippen LogP contribution is -2.13. The Morgan fingerprint density at radius 2 is 1.96 bits per heavy atom. The Morgan fingerprint density at radius 1 is 1.19 bits per heavy atom. The quantitative estimate of drug-likeness (QED) is 0.723. The summed E-state index contributed by atoms with van der Waals surface area (Å²) in [6, 6.07) is 11.8. The molecule has 0 aliphatic carbocycles. The van der Waals surface area contributed by atoms with E-state index in [1.54, 1.807) is 6.20 Å². The third-order valence-corrected chi connectivity index (χ3v) is 4.05. The van der Waals surface area contributed by atoms with Crippen LogP contribution in [0.1, 0.15) is 43.2 Å². The van der Waals surface area contributed by atoms with Crippen LogP contribution in [0.15, 0.2) is 47.1 Å². The zero-order valence-corrected chi connectivity index (χ0v) is 15.2. The third-order valence-electron chi connectivity index (χ3n) is 4.05. The molecular formula is C20H22N4O2. The largest absolute Gasteiger partial charge is 0.339 e. The zero-order valence-electron chi connectivity index (χ0n) is 15.2. The van der Waals surface area contributed by atoms with Crippen LogP contribution in [0, 0.1) is 6.92 Å². The Hall–Kier alpha value is -3.02. The van der Waals surface area contributed by atoms with Crippen molar-refractivity contribution in [1.29, 1.82) is 0 Å². The first-order valence-electron chi connectivity index (χ1n) is 8.66. The number of nitrogens with zero attached hydrogens (tertiary/aromatic N) is 3. The second-order valence-electron chi connectivity index (χ2n) is 6.56. The summed E-state index contributed by atoms with van der Waals surface area (Å²) in [5.41, 5.74) is 3.21. The Bertz CT molecular complexity index is 885. The standard InChI is InChI=1S/C20H22N4O2/c1-13(2)15-4-6-16(7-5-15)20-23-19(26-24-20)9-8-18(25)22-17-12-14(3)10-11-21-17/h4-7,10-13H,8-9H2,1-3H3,(H,21,22,25). The topological polar surface area (TPSA) is 80.9 Å². The van der Waals surface area contributed by atoms with Crippen LogP contribution < -0.4 is 5.32 Å². The molecule has 3 rings (SSSR count). The van der Waals surface area contributed by atoms with Crippen molar-refractivity contribution in [3.05, 3.63) is 59.6 Å². The van der Waals surface area contributed by atoms with Crippen LogP contribution in [-0.2, 0) is 11.2 Å². The van der Waals surface area contributed by atoms with Gasteiger partial charge < -0.3 is 9.84 Å². The first-order valence-corrected chi connectivity index (χ1v) is 8.66. The minimum atomic E-state index is -0.135. The van der Waals surface area contributed by atoms with Gasteiger partial charge in [-0.25, -0.2) is 4.98 Å². The molecule has 1 N–H and O–H groups in total. The molecule has 0 radical (unpaired) electrons. The smallest absolute Gasteiger partial charge is 0.227 e. The third kappa shape index (κ3) is 4.53. The summed E-state index contributed by atoms with van der Waals surface area (Å²) in [4.78, 5) is 20.5. The van der Waals surface area contributed by atoms with Gasteiger partial charge in [-0.1, -0.05) is 43.3 Å². The molecular weight excluding hydrogens is 328 g/mol. The SMILES string of the molecule is Cc1ccnc(NC(=O)CCc2nc(-c3ccc(C(C)C)cc3)no2)c1. The maximum Gasteiger partial charge on any atom is 0.227 e. The summed E-state index contributed by atoms with van der Waals surface area (Å²) in [6.45, 7) is 6.25. The highest BCUT2D eigenvalue weighted by Gasteiger charge is 2.11. The molecule has 3 aromatic rings. The summed E-state index contributed by atoms with van der Waals surface area (Å²) in [5.74, 6) is 1.87.